The van der Waals surface area contributed by atoms with Crippen LogP contribution in [0.1, 0.15) is 55.0 Å². The Hall–Kier alpha value is -2.24. The van der Waals surface area contributed by atoms with E-state index in [4.69, 9.17) is 0 Å². The summed E-state index contributed by atoms with van der Waals surface area (Å²) >= 11 is 0. The normalized spacial score (nSPS) is 13.0. The van der Waals surface area contributed by atoms with Gasteiger partial charge in [-0.05, 0) is 30.4 Å². The smallest absolute Gasteiger partial charge is 0.274 e. The second-order valence-electron chi connectivity index (χ2n) is 6.33. The van der Waals surface area contributed by atoms with Crippen LogP contribution in [0.2, 0.25) is 0 Å². The van der Waals surface area contributed by atoms with Crippen molar-refractivity contribution in [3.63, 3.8) is 0 Å². The van der Waals surface area contributed by atoms with Crippen LogP contribution in [0.15, 0.2) is 24.5 Å². The van der Waals surface area contributed by atoms with E-state index < -0.39 is 0 Å². The molecule has 2 aromatic heterocycles. The molecule has 1 amide bonds. The topological polar surface area (TPSA) is 83.6 Å². The summed E-state index contributed by atoms with van der Waals surface area (Å²) < 4.78 is 0. The number of hydrogen-bond donors (Lipinski definition) is 2. The third kappa shape index (κ3) is 4.11. The van der Waals surface area contributed by atoms with Gasteiger partial charge in [-0.25, -0.2) is 0 Å². The minimum absolute atomic E-state index is 0.0760. The molecule has 0 aromatic carbocycles. The van der Waals surface area contributed by atoms with Crippen LogP contribution in [-0.4, -0.2) is 26.3 Å². The lowest BCUT2D eigenvalue weighted by atomic mass is 9.86. The summed E-state index contributed by atoms with van der Waals surface area (Å²) in [5, 5.41) is 13.3. The van der Waals surface area contributed by atoms with E-state index in [2.05, 4.69) is 46.5 Å². The number of H-pyrrole nitrogens is 1. The molecule has 2 rings (SSSR count). The summed E-state index contributed by atoms with van der Waals surface area (Å²) in [5.74, 6) is -0.223. The van der Waals surface area contributed by atoms with Crippen molar-refractivity contribution in [2.45, 2.75) is 40.2 Å². The molecule has 0 bridgehead atoms. The van der Waals surface area contributed by atoms with E-state index in [-0.39, 0.29) is 17.4 Å². The molecule has 2 N–H and O–H groups in total. The number of aryl methyl sites for hydroxylation is 1. The highest BCUT2D eigenvalue weighted by Gasteiger charge is 2.24. The van der Waals surface area contributed by atoms with Crippen LogP contribution in [0.25, 0.3) is 0 Å². The van der Waals surface area contributed by atoms with E-state index in [0.717, 1.165) is 12.0 Å². The summed E-state index contributed by atoms with van der Waals surface area (Å²) in [6, 6.07) is 3.74. The first-order valence-electron chi connectivity index (χ1n) is 6.95. The maximum absolute atomic E-state index is 12.3. The lowest BCUT2D eigenvalue weighted by Gasteiger charge is -2.26. The van der Waals surface area contributed by atoms with Gasteiger partial charge in [0.1, 0.15) is 0 Å². The zero-order valence-electron chi connectivity index (χ0n) is 12.8. The van der Waals surface area contributed by atoms with Crippen LogP contribution in [-0.2, 0) is 0 Å². The molecule has 2 heterocycles. The van der Waals surface area contributed by atoms with Crippen LogP contribution < -0.4 is 5.32 Å². The fourth-order valence-electron chi connectivity index (χ4n) is 2.17. The van der Waals surface area contributed by atoms with Crippen molar-refractivity contribution in [1.82, 2.24) is 25.7 Å². The Morgan fingerprint density at radius 1 is 1.38 bits per heavy atom. The Morgan fingerprint density at radius 3 is 2.67 bits per heavy atom. The highest BCUT2D eigenvalue weighted by atomic mass is 16.2. The number of aromatic nitrogens is 4. The van der Waals surface area contributed by atoms with E-state index in [1.54, 1.807) is 19.3 Å². The number of carbonyl (C=O) groups is 1. The zero-order valence-corrected chi connectivity index (χ0v) is 12.8. The van der Waals surface area contributed by atoms with Crippen LogP contribution >= 0.6 is 0 Å². The third-order valence-corrected chi connectivity index (χ3v) is 3.15. The second-order valence-corrected chi connectivity index (χ2v) is 6.33. The number of hydrogen-bond acceptors (Lipinski definition) is 4. The summed E-state index contributed by atoms with van der Waals surface area (Å²) in [7, 11) is 0. The molecule has 0 saturated heterocycles. The number of carbonyl (C=O) groups excluding carboxylic acids is 1. The first-order chi connectivity index (χ1) is 9.87. The lowest BCUT2D eigenvalue weighted by Crippen LogP contribution is -2.32. The van der Waals surface area contributed by atoms with Crippen molar-refractivity contribution >= 4 is 5.91 Å². The highest BCUT2D eigenvalue weighted by Crippen LogP contribution is 2.29. The van der Waals surface area contributed by atoms with Gasteiger partial charge in [0.15, 0.2) is 5.69 Å². The molecule has 0 fully saturated rings. The number of aromatic amines is 1. The van der Waals surface area contributed by atoms with Crippen molar-refractivity contribution in [3.05, 3.63) is 41.5 Å². The maximum atomic E-state index is 12.3. The van der Waals surface area contributed by atoms with Crippen LogP contribution in [0.3, 0.4) is 0 Å². The monoisotopic (exact) mass is 287 g/mol. The van der Waals surface area contributed by atoms with Crippen molar-refractivity contribution < 1.29 is 4.79 Å². The van der Waals surface area contributed by atoms with Crippen LogP contribution in [0.5, 0.6) is 0 Å². The average Bonchev–Trinajstić information content (AvgIpc) is 2.84. The van der Waals surface area contributed by atoms with Crippen molar-refractivity contribution in [2.75, 3.05) is 0 Å². The number of nitrogens with zero attached hydrogens (tertiary/aromatic N) is 3. The predicted octanol–water partition coefficient (Wildman–Crippen LogP) is 2.42. The van der Waals surface area contributed by atoms with Crippen LogP contribution in [0, 0.1) is 12.3 Å². The fourth-order valence-corrected chi connectivity index (χ4v) is 2.17. The molecule has 0 spiro atoms. The predicted molar refractivity (Wildman–Crippen MR) is 79.6 cm³/mol. The van der Waals surface area contributed by atoms with Gasteiger partial charge in [0.25, 0.3) is 5.91 Å². The molecule has 0 aliphatic heterocycles. The van der Waals surface area contributed by atoms with Gasteiger partial charge in [-0.15, -0.1) is 0 Å². The SMILES string of the molecule is Cc1n[nH]nc1C(=O)N[C@H](CC(C)(C)C)c1cccnc1. The summed E-state index contributed by atoms with van der Waals surface area (Å²) in [5.41, 5.74) is 1.99. The maximum Gasteiger partial charge on any atom is 0.274 e. The van der Waals surface area contributed by atoms with Gasteiger partial charge in [-0.3, -0.25) is 9.78 Å². The van der Waals surface area contributed by atoms with E-state index in [0.29, 0.717) is 11.4 Å². The van der Waals surface area contributed by atoms with Gasteiger partial charge in [0.05, 0.1) is 11.7 Å². The molecular weight excluding hydrogens is 266 g/mol. The molecule has 0 saturated carbocycles. The Morgan fingerprint density at radius 2 is 2.14 bits per heavy atom. The molecule has 6 nitrogen and oxygen atoms in total. The molecule has 2 aromatic rings. The Labute approximate surface area is 124 Å². The van der Waals surface area contributed by atoms with Crippen molar-refractivity contribution in [2.24, 2.45) is 5.41 Å². The Balaban J connectivity index is 2.21. The first kappa shape index (κ1) is 15.2. The van der Waals surface area contributed by atoms with Gasteiger partial charge in [-0.2, -0.15) is 15.4 Å². The lowest BCUT2D eigenvalue weighted by molar-refractivity contribution is 0.0920. The molecule has 0 radical (unpaired) electrons. The molecule has 0 aliphatic carbocycles. The van der Waals surface area contributed by atoms with Gasteiger partial charge in [0.2, 0.25) is 0 Å². The van der Waals surface area contributed by atoms with Gasteiger partial charge >= 0.3 is 0 Å². The number of rotatable bonds is 4. The van der Waals surface area contributed by atoms with Crippen molar-refractivity contribution in [1.29, 1.82) is 0 Å². The molecule has 0 aliphatic rings. The van der Waals surface area contributed by atoms with E-state index in [1.165, 1.54) is 0 Å². The van der Waals surface area contributed by atoms with E-state index in [9.17, 15) is 4.79 Å². The summed E-state index contributed by atoms with van der Waals surface area (Å²) in [6.45, 7) is 8.18. The quantitative estimate of drug-likeness (QED) is 0.904. The fraction of sp³-hybridized carbons (Fsp3) is 0.467. The standard InChI is InChI=1S/C15H21N5O/c1-10-13(19-20-18-10)14(21)17-12(8-15(2,3)4)11-6-5-7-16-9-11/h5-7,9,12H,8H2,1-4H3,(H,17,21)(H,18,19,20)/t12-/m1/s1. The second kappa shape index (κ2) is 6.03. The molecule has 112 valence electrons. The molecule has 6 heteroatoms. The van der Waals surface area contributed by atoms with Crippen LogP contribution in [0.4, 0.5) is 0 Å². The minimum Gasteiger partial charge on any atom is -0.344 e. The van der Waals surface area contributed by atoms with Crippen molar-refractivity contribution in [3.8, 4) is 0 Å². The first-order valence-corrected chi connectivity index (χ1v) is 6.95. The summed E-state index contributed by atoms with van der Waals surface area (Å²) in [6.07, 6.45) is 4.31. The largest absolute Gasteiger partial charge is 0.344 e. The zero-order chi connectivity index (χ0) is 15.5. The average molecular weight is 287 g/mol. The Bertz CT molecular complexity index is 600. The third-order valence-electron chi connectivity index (χ3n) is 3.15. The molecule has 1 atom stereocenters. The Kier molecular flexibility index (Phi) is 4.35. The number of pyridine rings is 1. The van der Waals surface area contributed by atoms with Gasteiger partial charge in [-0.1, -0.05) is 26.8 Å². The van der Waals surface area contributed by atoms with Gasteiger partial charge < -0.3 is 5.32 Å². The van der Waals surface area contributed by atoms with E-state index in [1.807, 2.05) is 12.1 Å². The minimum atomic E-state index is -0.223. The molecule has 0 unspecified atom stereocenters. The number of amides is 1. The highest BCUT2D eigenvalue weighted by molar-refractivity contribution is 5.93. The summed E-state index contributed by atoms with van der Waals surface area (Å²) in [4.78, 5) is 16.5. The number of nitrogens with one attached hydrogen (secondary N) is 2. The van der Waals surface area contributed by atoms with Gasteiger partial charge in [0, 0.05) is 12.4 Å². The molecule has 21 heavy (non-hydrogen) atoms. The van der Waals surface area contributed by atoms with E-state index >= 15 is 0 Å². The molecular formula is C15H21N5O.